The van der Waals surface area contributed by atoms with Crippen LogP contribution in [0, 0.1) is 10.7 Å². The highest BCUT2D eigenvalue weighted by Crippen LogP contribution is 2.31. The van der Waals surface area contributed by atoms with E-state index >= 15 is 0 Å². The van der Waals surface area contributed by atoms with Crippen LogP contribution in [-0.4, -0.2) is 26.8 Å². The third-order valence-corrected chi connectivity index (χ3v) is 2.63. The predicted molar refractivity (Wildman–Crippen MR) is 55.8 cm³/mol. The van der Waals surface area contributed by atoms with Crippen LogP contribution in [0.15, 0.2) is 0 Å². The van der Waals surface area contributed by atoms with Gasteiger partial charge in [0.15, 0.2) is 0 Å². The maximum Gasteiger partial charge on any atom is 0.310 e. The van der Waals surface area contributed by atoms with Crippen LogP contribution in [0.3, 0.4) is 0 Å². The zero-order valence-electron chi connectivity index (χ0n) is 8.66. The third kappa shape index (κ3) is 2.26. The third-order valence-electron chi connectivity index (χ3n) is 2.44. The lowest BCUT2D eigenvalue weighted by Gasteiger charge is -2.14. The Morgan fingerprint density at radius 1 is 1.60 bits per heavy atom. The van der Waals surface area contributed by atoms with Gasteiger partial charge in [-0.15, -0.1) is 0 Å². The van der Waals surface area contributed by atoms with E-state index in [2.05, 4.69) is 15.2 Å². The van der Waals surface area contributed by atoms with Gasteiger partial charge in [-0.3, -0.25) is 15.0 Å². The molecule has 1 fully saturated rings. The molecule has 1 atom stereocenters. The molecular weight excluding hydrogens is 214 g/mol. The fourth-order valence-electron chi connectivity index (χ4n) is 1.86. The van der Waals surface area contributed by atoms with Gasteiger partial charge in [0.25, 0.3) is 0 Å². The average molecular weight is 227 g/mol. The summed E-state index contributed by atoms with van der Waals surface area (Å²) in [6, 6.07) is 0. The molecule has 6 heteroatoms. The van der Waals surface area contributed by atoms with Crippen molar-refractivity contribution in [3.05, 3.63) is 10.6 Å². The molecule has 0 unspecified atom stereocenters. The largest absolute Gasteiger partial charge is 0.459 e. The van der Waals surface area contributed by atoms with Gasteiger partial charge in [-0.05, 0) is 26.1 Å². The summed E-state index contributed by atoms with van der Waals surface area (Å²) < 4.78 is 5.64. The summed E-state index contributed by atoms with van der Waals surface area (Å²) >= 11 is 4.83. The van der Waals surface area contributed by atoms with Crippen molar-refractivity contribution < 1.29 is 9.53 Å². The number of rotatable bonds is 2. The Labute approximate surface area is 92.2 Å². The summed E-state index contributed by atoms with van der Waals surface area (Å²) in [5.74, 6) is 0.441. The van der Waals surface area contributed by atoms with Gasteiger partial charge in [0.05, 0.1) is 5.92 Å². The molecule has 0 spiro atoms. The predicted octanol–water partition coefficient (Wildman–Crippen LogP) is 1.35. The molecule has 0 radical (unpaired) electrons. The second kappa shape index (κ2) is 3.44. The van der Waals surface area contributed by atoms with Crippen molar-refractivity contribution >= 4 is 18.2 Å². The summed E-state index contributed by atoms with van der Waals surface area (Å²) in [4.78, 5) is 15.6. The lowest BCUT2D eigenvalue weighted by atomic mass is 9.95. The molecule has 0 amide bonds. The SMILES string of the molecule is CC1(C)C[C@H](Cc2nc(=S)[nH][nH]2)C(=O)O1. The molecule has 5 nitrogen and oxygen atoms in total. The number of esters is 1. The Kier molecular flexibility index (Phi) is 2.38. The minimum absolute atomic E-state index is 0.117. The molecule has 15 heavy (non-hydrogen) atoms. The highest BCUT2D eigenvalue weighted by atomic mass is 32.1. The highest BCUT2D eigenvalue weighted by molar-refractivity contribution is 7.71. The average Bonchev–Trinajstić information content (AvgIpc) is 2.58. The summed E-state index contributed by atoms with van der Waals surface area (Å²) in [6.45, 7) is 3.83. The number of carbonyl (C=O) groups is 1. The molecule has 1 saturated heterocycles. The Hall–Kier alpha value is -1.17. The van der Waals surface area contributed by atoms with Crippen LogP contribution in [-0.2, 0) is 16.0 Å². The first-order valence-electron chi connectivity index (χ1n) is 4.83. The molecule has 2 N–H and O–H groups in total. The molecule has 2 heterocycles. The minimum Gasteiger partial charge on any atom is -0.459 e. The number of H-pyrrole nitrogens is 2. The van der Waals surface area contributed by atoms with Crippen LogP contribution in [0.4, 0.5) is 0 Å². The van der Waals surface area contributed by atoms with E-state index in [-0.39, 0.29) is 17.5 Å². The van der Waals surface area contributed by atoms with Crippen molar-refractivity contribution in [1.29, 1.82) is 0 Å². The van der Waals surface area contributed by atoms with Crippen LogP contribution in [0.2, 0.25) is 0 Å². The fourth-order valence-corrected chi connectivity index (χ4v) is 2.02. The van der Waals surface area contributed by atoms with E-state index < -0.39 is 0 Å². The zero-order chi connectivity index (χ0) is 11.1. The molecule has 82 valence electrons. The molecule has 2 rings (SSSR count). The van der Waals surface area contributed by atoms with Gasteiger partial charge in [0.2, 0.25) is 4.77 Å². The summed E-state index contributed by atoms with van der Waals surface area (Å²) in [6.07, 6.45) is 1.27. The molecule has 0 aromatic carbocycles. The highest BCUT2D eigenvalue weighted by Gasteiger charge is 2.40. The number of carbonyl (C=O) groups excluding carboxylic acids is 1. The molecule has 1 aromatic rings. The van der Waals surface area contributed by atoms with Gasteiger partial charge in [0, 0.05) is 12.8 Å². The van der Waals surface area contributed by atoms with Crippen LogP contribution < -0.4 is 0 Å². The number of aromatic nitrogens is 3. The van der Waals surface area contributed by atoms with Gasteiger partial charge in [-0.2, -0.15) is 0 Å². The second-order valence-corrected chi connectivity index (χ2v) is 4.79. The molecule has 0 aliphatic carbocycles. The summed E-state index contributed by atoms with van der Waals surface area (Å²) in [5.41, 5.74) is -0.352. The van der Waals surface area contributed by atoms with Crippen molar-refractivity contribution in [3.63, 3.8) is 0 Å². The first-order chi connectivity index (χ1) is 6.96. The monoisotopic (exact) mass is 227 g/mol. The van der Waals surface area contributed by atoms with E-state index in [4.69, 9.17) is 17.0 Å². The van der Waals surface area contributed by atoms with E-state index in [9.17, 15) is 4.79 Å². The van der Waals surface area contributed by atoms with Crippen molar-refractivity contribution in [2.24, 2.45) is 5.92 Å². The topological polar surface area (TPSA) is 70.8 Å². The smallest absolute Gasteiger partial charge is 0.310 e. The van der Waals surface area contributed by atoms with E-state index in [1.165, 1.54) is 0 Å². The Balaban J connectivity index is 2.08. The van der Waals surface area contributed by atoms with E-state index in [1.54, 1.807) is 0 Å². The van der Waals surface area contributed by atoms with E-state index in [0.717, 1.165) is 6.42 Å². The minimum atomic E-state index is -0.352. The lowest BCUT2D eigenvalue weighted by Crippen LogP contribution is -2.17. The number of hydrogen-bond donors (Lipinski definition) is 2. The summed E-state index contributed by atoms with van der Waals surface area (Å²) in [7, 11) is 0. The van der Waals surface area contributed by atoms with Gasteiger partial charge in [-0.1, -0.05) is 0 Å². The first-order valence-corrected chi connectivity index (χ1v) is 5.23. The van der Waals surface area contributed by atoms with E-state index in [1.807, 2.05) is 13.8 Å². The van der Waals surface area contributed by atoms with Crippen LogP contribution in [0.5, 0.6) is 0 Å². The van der Waals surface area contributed by atoms with Crippen molar-refractivity contribution in [2.75, 3.05) is 0 Å². The first kappa shape index (κ1) is 10.4. The maximum atomic E-state index is 11.5. The number of hydrogen-bond acceptors (Lipinski definition) is 4. The van der Waals surface area contributed by atoms with Crippen LogP contribution in [0.1, 0.15) is 26.1 Å². The van der Waals surface area contributed by atoms with Gasteiger partial charge >= 0.3 is 5.97 Å². The normalized spacial score (nSPS) is 24.1. The molecule has 1 aliphatic rings. The summed E-state index contributed by atoms with van der Waals surface area (Å²) in [5, 5.41) is 5.54. The second-order valence-electron chi connectivity index (χ2n) is 4.40. The van der Waals surface area contributed by atoms with E-state index in [0.29, 0.717) is 17.0 Å². The molecule has 0 saturated carbocycles. The number of nitrogens with one attached hydrogen (secondary N) is 2. The van der Waals surface area contributed by atoms with Crippen molar-refractivity contribution in [1.82, 2.24) is 15.2 Å². The Morgan fingerprint density at radius 2 is 2.33 bits per heavy atom. The lowest BCUT2D eigenvalue weighted by molar-refractivity contribution is -0.148. The van der Waals surface area contributed by atoms with Crippen LogP contribution >= 0.6 is 12.2 Å². The maximum absolute atomic E-state index is 11.5. The number of cyclic esters (lactones) is 1. The molecular formula is C9H13N3O2S. The Bertz CT molecular complexity index is 435. The standard InChI is InChI=1S/C9H13N3O2S/c1-9(2)4-5(7(13)14-9)3-6-10-8(15)12-11-6/h5H,3-4H2,1-2H3,(H2,10,11,12,15)/t5-/m0/s1. The number of ether oxygens (including phenoxy) is 1. The number of nitrogens with zero attached hydrogens (tertiary/aromatic N) is 1. The van der Waals surface area contributed by atoms with Gasteiger partial charge in [0.1, 0.15) is 11.4 Å². The molecule has 0 bridgehead atoms. The quantitative estimate of drug-likeness (QED) is 0.591. The van der Waals surface area contributed by atoms with Crippen molar-refractivity contribution in [3.8, 4) is 0 Å². The van der Waals surface area contributed by atoms with Crippen LogP contribution in [0.25, 0.3) is 0 Å². The molecule has 1 aromatic heterocycles. The fraction of sp³-hybridized carbons (Fsp3) is 0.667. The Morgan fingerprint density at radius 3 is 2.80 bits per heavy atom. The van der Waals surface area contributed by atoms with Gasteiger partial charge < -0.3 is 4.74 Å². The zero-order valence-corrected chi connectivity index (χ0v) is 9.48. The number of aromatic amines is 2. The van der Waals surface area contributed by atoms with Crippen molar-refractivity contribution in [2.45, 2.75) is 32.3 Å². The van der Waals surface area contributed by atoms with Gasteiger partial charge in [-0.25, -0.2) is 4.98 Å². The molecule has 1 aliphatic heterocycles.